The normalized spacial score (nSPS) is 10.8. The van der Waals surface area contributed by atoms with Crippen molar-refractivity contribution in [2.45, 2.75) is 6.92 Å². The van der Waals surface area contributed by atoms with Gasteiger partial charge in [-0.2, -0.15) is 0 Å². The molecule has 0 amide bonds. The summed E-state index contributed by atoms with van der Waals surface area (Å²) in [6.45, 7) is 1.74. The summed E-state index contributed by atoms with van der Waals surface area (Å²) in [6.07, 6.45) is 0. The van der Waals surface area contributed by atoms with Crippen LogP contribution in [-0.4, -0.2) is 11.7 Å². The molecule has 0 aliphatic carbocycles. The van der Waals surface area contributed by atoms with Crippen molar-refractivity contribution in [3.8, 4) is 11.4 Å². The van der Waals surface area contributed by atoms with Crippen LogP contribution in [0.4, 0.5) is 0 Å². The summed E-state index contributed by atoms with van der Waals surface area (Å²) in [6, 6.07) is 15.0. The molecule has 0 fully saturated rings. The smallest absolute Gasteiger partial charge is 0.260 e. The topological polar surface area (TPSA) is 31.2 Å². The number of ether oxygens (including phenoxy) is 1. The first-order chi connectivity index (χ1) is 10.1. The SMILES string of the molecule is COc1ccccc1-n1c(=O)c(C)c(Cl)c2ccccc21. The zero-order chi connectivity index (χ0) is 15.0. The molecule has 0 aliphatic heterocycles. The molecule has 0 atom stereocenters. The lowest BCUT2D eigenvalue weighted by molar-refractivity contribution is 0.413. The van der Waals surface area contributed by atoms with Crippen LogP contribution in [0.3, 0.4) is 0 Å². The maximum Gasteiger partial charge on any atom is 0.260 e. The van der Waals surface area contributed by atoms with Gasteiger partial charge in [-0.05, 0) is 25.1 Å². The molecule has 0 saturated heterocycles. The van der Waals surface area contributed by atoms with Gasteiger partial charge in [0.2, 0.25) is 0 Å². The standard InChI is InChI=1S/C17H14ClNO2/c1-11-16(18)12-7-3-4-8-13(12)19(17(11)20)14-9-5-6-10-15(14)21-2/h3-10H,1-2H3. The van der Waals surface area contributed by atoms with Crippen LogP contribution < -0.4 is 10.3 Å². The Balaban J connectivity index is 2.51. The first kappa shape index (κ1) is 13.7. The first-order valence-corrected chi connectivity index (χ1v) is 6.96. The second-order valence-electron chi connectivity index (χ2n) is 4.77. The number of halogens is 1. The van der Waals surface area contributed by atoms with Gasteiger partial charge in [-0.15, -0.1) is 0 Å². The fourth-order valence-electron chi connectivity index (χ4n) is 2.48. The molecule has 0 radical (unpaired) electrons. The van der Waals surface area contributed by atoms with Crippen LogP contribution in [0.15, 0.2) is 53.3 Å². The summed E-state index contributed by atoms with van der Waals surface area (Å²) in [5.74, 6) is 0.645. The van der Waals surface area contributed by atoms with Crippen molar-refractivity contribution < 1.29 is 4.74 Å². The quantitative estimate of drug-likeness (QED) is 0.717. The molecule has 3 rings (SSSR count). The molecule has 0 N–H and O–H groups in total. The van der Waals surface area contributed by atoms with Gasteiger partial charge in [0.15, 0.2) is 0 Å². The molecule has 2 aromatic carbocycles. The van der Waals surface area contributed by atoms with Gasteiger partial charge in [0.1, 0.15) is 5.75 Å². The van der Waals surface area contributed by atoms with E-state index >= 15 is 0 Å². The van der Waals surface area contributed by atoms with E-state index in [4.69, 9.17) is 16.3 Å². The average Bonchev–Trinajstić information content (AvgIpc) is 2.53. The Morgan fingerprint density at radius 3 is 2.48 bits per heavy atom. The fourth-order valence-corrected chi connectivity index (χ4v) is 2.72. The largest absolute Gasteiger partial charge is 0.495 e. The molecular weight excluding hydrogens is 286 g/mol. The van der Waals surface area contributed by atoms with Crippen LogP contribution in [0.25, 0.3) is 16.6 Å². The lowest BCUT2D eigenvalue weighted by atomic mass is 10.1. The number of benzene rings is 2. The van der Waals surface area contributed by atoms with Crippen molar-refractivity contribution in [1.29, 1.82) is 0 Å². The van der Waals surface area contributed by atoms with Crippen LogP contribution in [0.2, 0.25) is 5.02 Å². The van der Waals surface area contributed by atoms with Crippen LogP contribution in [0, 0.1) is 6.92 Å². The van der Waals surface area contributed by atoms with Crippen LogP contribution in [0.5, 0.6) is 5.75 Å². The molecule has 0 unspecified atom stereocenters. The van der Waals surface area contributed by atoms with Crippen LogP contribution in [-0.2, 0) is 0 Å². The Kier molecular flexibility index (Phi) is 3.43. The van der Waals surface area contributed by atoms with Gasteiger partial charge in [-0.25, -0.2) is 0 Å². The number of fused-ring (bicyclic) bond motifs is 1. The summed E-state index contributed by atoms with van der Waals surface area (Å²) < 4.78 is 7.03. The highest BCUT2D eigenvalue weighted by Gasteiger charge is 2.15. The van der Waals surface area contributed by atoms with E-state index in [0.29, 0.717) is 22.0 Å². The summed E-state index contributed by atoms with van der Waals surface area (Å²) in [7, 11) is 1.59. The molecule has 3 nitrogen and oxygen atoms in total. The van der Waals surface area contributed by atoms with E-state index in [1.165, 1.54) is 0 Å². The van der Waals surface area contributed by atoms with Gasteiger partial charge < -0.3 is 4.74 Å². The minimum absolute atomic E-state index is 0.136. The predicted molar refractivity (Wildman–Crippen MR) is 85.8 cm³/mol. The van der Waals surface area contributed by atoms with E-state index in [2.05, 4.69) is 0 Å². The van der Waals surface area contributed by atoms with E-state index in [1.54, 1.807) is 18.6 Å². The molecular formula is C17H14ClNO2. The van der Waals surface area contributed by atoms with Gasteiger partial charge in [-0.3, -0.25) is 9.36 Å². The number of nitrogens with zero attached hydrogens (tertiary/aromatic N) is 1. The lowest BCUT2D eigenvalue weighted by Crippen LogP contribution is -2.22. The van der Waals surface area contributed by atoms with Gasteiger partial charge in [0.25, 0.3) is 5.56 Å². The van der Waals surface area contributed by atoms with E-state index < -0.39 is 0 Å². The van der Waals surface area contributed by atoms with Gasteiger partial charge >= 0.3 is 0 Å². The molecule has 0 spiro atoms. The monoisotopic (exact) mass is 299 g/mol. The van der Waals surface area contributed by atoms with Crippen molar-refractivity contribution in [2.24, 2.45) is 0 Å². The molecule has 3 aromatic rings. The zero-order valence-corrected chi connectivity index (χ0v) is 12.5. The molecule has 0 aliphatic rings. The molecule has 0 saturated carbocycles. The van der Waals surface area contributed by atoms with Crippen molar-refractivity contribution >= 4 is 22.5 Å². The van der Waals surface area contributed by atoms with E-state index in [0.717, 1.165) is 10.9 Å². The Hall–Kier alpha value is -2.26. The molecule has 4 heteroatoms. The Morgan fingerprint density at radius 2 is 1.71 bits per heavy atom. The highest BCUT2D eigenvalue weighted by Crippen LogP contribution is 2.29. The number of aromatic nitrogens is 1. The third-order valence-electron chi connectivity index (χ3n) is 3.56. The van der Waals surface area contributed by atoms with Crippen LogP contribution in [0.1, 0.15) is 5.56 Å². The van der Waals surface area contributed by atoms with E-state index in [-0.39, 0.29) is 5.56 Å². The van der Waals surface area contributed by atoms with Crippen molar-refractivity contribution in [1.82, 2.24) is 4.57 Å². The maximum absolute atomic E-state index is 12.7. The Morgan fingerprint density at radius 1 is 1.05 bits per heavy atom. The number of pyridine rings is 1. The Labute approximate surface area is 127 Å². The van der Waals surface area contributed by atoms with E-state index in [9.17, 15) is 4.79 Å². The summed E-state index contributed by atoms with van der Waals surface area (Å²) in [5, 5.41) is 1.35. The average molecular weight is 300 g/mol. The highest BCUT2D eigenvalue weighted by atomic mass is 35.5. The lowest BCUT2D eigenvalue weighted by Gasteiger charge is -2.15. The molecule has 1 aromatic heterocycles. The van der Waals surface area contributed by atoms with Gasteiger partial charge in [0, 0.05) is 10.9 Å². The van der Waals surface area contributed by atoms with Crippen molar-refractivity contribution in [2.75, 3.05) is 7.11 Å². The fraction of sp³-hybridized carbons (Fsp3) is 0.118. The summed E-state index contributed by atoms with van der Waals surface area (Å²) >= 11 is 6.32. The predicted octanol–water partition coefficient (Wildman–Crippen LogP) is 3.96. The van der Waals surface area contributed by atoms with E-state index in [1.807, 2.05) is 48.5 Å². The van der Waals surface area contributed by atoms with Crippen molar-refractivity contribution in [3.05, 3.63) is 69.5 Å². The van der Waals surface area contributed by atoms with Crippen molar-refractivity contribution in [3.63, 3.8) is 0 Å². The van der Waals surface area contributed by atoms with Crippen LogP contribution >= 0.6 is 11.6 Å². The number of hydrogen-bond acceptors (Lipinski definition) is 2. The third-order valence-corrected chi connectivity index (χ3v) is 4.05. The summed E-state index contributed by atoms with van der Waals surface area (Å²) in [4.78, 5) is 12.7. The highest BCUT2D eigenvalue weighted by molar-refractivity contribution is 6.36. The Bertz CT molecular complexity index is 884. The molecule has 106 valence electrons. The minimum atomic E-state index is -0.136. The molecule has 1 heterocycles. The first-order valence-electron chi connectivity index (χ1n) is 6.58. The van der Waals surface area contributed by atoms with Gasteiger partial charge in [0.05, 0.1) is 23.3 Å². The number of para-hydroxylation sites is 3. The number of rotatable bonds is 2. The zero-order valence-electron chi connectivity index (χ0n) is 11.8. The third kappa shape index (κ3) is 2.10. The number of hydrogen-bond donors (Lipinski definition) is 0. The van der Waals surface area contributed by atoms with Gasteiger partial charge in [-0.1, -0.05) is 41.9 Å². The second-order valence-corrected chi connectivity index (χ2v) is 5.15. The minimum Gasteiger partial charge on any atom is -0.495 e. The number of methoxy groups -OCH3 is 1. The molecule has 21 heavy (non-hydrogen) atoms. The summed E-state index contributed by atoms with van der Waals surface area (Å²) in [5.41, 5.74) is 1.87. The second kappa shape index (κ2) is 5.26. The maximum atomic E-state index is 12.7. The molecule has 0 bridgehead atoms.